The number of allylic oxidation sites excluding steroid dienone is 1. The van der Waals surface area contributed by atoms with Crippen molar-refractivity contribution in [1.82, 2.24) is 10.2 Å². The molecule has 0 atom stereocenters. The lowest BCUT2D eigenvalue weighted by Gasteiger charge is -2.07. The van der Waals surface area contributed by atoms with Crippen LogP contribution in [-0.2, 0) is 0 Å². The molecule has 0 spiro atoms. The Balaban J connectivity index is 2.92. The van der Waals surface area contributed by atoms with E-state index in [0.717, 1.165) is 5.57 Å². The molecule has 0 aromatic heterocycles. The lowest BCUT2D eigenvalue weighted by Crippen LogP contribution is -2.25. The standard InChI is InChI=1S/C8H11N3O/c1-5(2)4-11-7(9)6(3)10-8(11)12/h4,9H,3H2,1-2H3,(H,10,12). The second kappa shape index (κ2) is 2.81. The van der Waals surface area contributed by atoms with Crippen LogP contribution in [0.1, 0.15) is 13.8 Å². The summed E-state index contributed by atoms with van der Waals surface area (Å²) >= 11 is 0. The van der Waals surface area contributed by atoms with Crippen LogP contribution >= 0.6 is 0 Å². The summed E-state index contributed by atoms with van der Waals surface area (Å²) in [6.45, 7) is 7.24. The molecule has 64 valence electrons. The van der Waals surface area contributed by atoms with Gasteiger partial charge < -0.3 is 5.32 Å². The van der Waals surface area contributed by atoms with Crippen LogP contribution in [0.4, 0.5) is 4.79 Å². The second-order valence-electron chi connectivity index (χ2n) is 2.83. The van der Waals surface area contributed by atoms with Crippen molar-refractivity contribution in [2.75, 3.05) is 0 Å². The number of nitrogens with zero attached hydrogens (tertiary/aromatic N) is 1. The summed E-state index contributed by atoms with van der Waals surface area (Å²) in [5, 5.41) is 9.88. The van der Waals surface area contributed by atoms with Crippen LogP contribution in [-0.4, -0.2) is 16.8 Å². The van der Waals surface area contributed by atoms with E-state index in [4.69, 9.17) is 5.41 Å². The van der Waals surface area contributed by atoms with Gasteiger partial charge in [0, 0.05) is 6.20 Å². The van der Waals surface area contributed by atoms with Gasteiger partial charge in [0.1, 0.15) is 0 Å². The molecule has 0 aromatic rings. The summed E-state index contributed by atoms with van der Waals surface area (Å²) in [5.41, 5.74) is 1.31. The van der Waals surface area contributed by atoms with Crippen molar-refractivity contribution in [3.05, 3.63) is 24.0 Å². The average Bonchev–Trinajstić information content (AvgIpc) is 2.16. The number of hydrogen-bond acceptors (Lipinski definition) is 2. The molecule has 2 N–H and O–H groups in total. The Morgan fingerprint density at radius 3 is 2.58 bits per heavy atom. The highest BCUT2D eigenvalue weighted by atomic mass is 16.2. The first-order valence-corrected chi connectivity index (χ1v) is 3.55. The van der Waals surface area contributed by atoms with Gasteiger partial charge in [-0.05, 0) is 13.8 Å². The van der Waals surface area contributed by atoms with Gasteiger partial charge in [0.25, 0.3) is 0 Å². The van der Waals surface area contributed by atoms with Gasteiger partial charge in [-0.25, -0.2) is 4.79 Å². The van der Waals surface area contributed by atoms with Gasteiger partial charge in [-0.3, -0.25) is 10.3 Å². The third-order valence-electron chi connectivity index (χ3n) is 1.39. The van der Waals surface area contributed by atoms with Gasteiger partial charge >= 0.3 is 6.03 Å². The molecule has 1 rings (SSSR count). The molecule has 4 heteroatoms. The predicted molar refractivity (Wildman–Crippen MR) is 46.7 cm³/mol. The quantitative estimate of drug-likeness (QED) is 0.606. The van der Waals surface area contributed by atoms with Crippen molar-refractivity contribution in [2.45, 2.75) is 13.8 Å². The van der Waals surface area contributed by atoms with E-state index in [1.807, 2.05) is 13.8 Å². The molecule has 2 amide bonds. The Bertz CT molecular complexity index is 287. The largest absolute Gasteiger partial charge is 0.331 e. The van der Waals surface area contributed by atoms with Crippen molar-refractivity contribution in [3.8, 4) is 0 Å². The number of amidine groups is 1. The summed E-state index contributed by atoms with van der Waals surface area (Å²) in [4.78, 5) is 12.3. The fourth-order valence-electron chi connectivity index (χ4n) is 0.877. The number of nitrogens with one attached hydrogen (secondary N) is 2. The van der Waals surface area contributed by atoms with Crippen LogP contribution in [0.5, 0.6) is 0 Å². The van der Waals surface area contributed by atoms with Crippen LogP contribution < -0.4 is 5.32 Å². The molecule has 1 aliphatic heterocycles. The van der Waals surface area contributed by atoms with E-state index < -0.39 is 0 Å². The van der Waals surface area contributed by atoms with Crippen LogP contribution in [0.25, 0.3) is 0 Å². The maximum Gasteiger partial charge on any atom is 0.331 e. The lowest BCUT2D eigenvalue weighted by atomic mass is 10.3. The molecular weight excluding hydrogens is 154 g/mol. The molecule has 0 aliphatic carbocycles. The molecule has 4 nitrogen and oxygen atoms in total. The number of amides is 2. The molecule has 1 saturated heterocycles. The zero-order valence-corrected chi connectivity index (χ0v) is 7.14. The Labute approximate surface area is 71.1 Å². The fourth-order valence-corrected chi connectivity index (χ4v) is 0.877. The Hall–Kier alpha value is -1.58. The van der Waals surface area contributed by atoms with Gasteiger partial charge in [-0.2, -0.15) is 0 Å². The van der Waals surface area contributed by atoms with Gasteiger partial charge in [0.05, 0.1) is 5.70 Å². The monoisotopic (exact) mass is 165 g/mol. The average molecular weight is 165 g/mol. The number of carbonyl (C=O) groups is 1. The van der Waals surface area contributed by atoms with Crippen molar-refractivity contribution < 1.29 is 4.79 Å². The molecule has 1 aliphatic rings. The summed E-state index contributed by atoms with van der Waals surface area (Å²) in [7, 11) is 0. The normalized spacial score (nSPS) is 16.5. The minimum atomic E-state index is -0.314. The molecule has 0 saturated carbocycles. The molecule has 0 bridgehead atoms. The molecule has 12 heavy (non-hydrogen) atoms. The first-order valence-electron chi connectivity index (χ1n) is 3.55. The van der Waals surface area contributed by atoms with Crippen LogP contribution in [0, 0.1) is 5.41 Å². The topological polar surface area (TPSA) is 56.2 Å². The highest BCUT2D eigenvalue weighted by Crippen LogP contribution is 2.09. The third-order valence-corrected chi connectivity index (χ3v) is 1.39. The molecule has 0 radical (unpaired) electrons. The van der Waals surface area contributed by atoms with Gasteiger partial charge in [0.15, 0.2) is 5.84 Å². The first kappa shape index (κ1) is 8.52. The Morgan fingerprint density at radius 2 is 2.25 bits per heavy atom. The van der Waals surface area contributed by atoms with Crippen molar-refractivity contribution in [1.29, 1.82) is 5.41 Å². The van der Waals surface area contributed by atoms with E-state index in [9.17, 15) is 4.79 Å². The van der Waals surface area contributed by atoms with Gasteiger partial charge in [-0.1, -0.05) is 12.2 Å². The maximum atomic E-state index is 11.1. The maximum absolute atomic E-state index is 11.1. The number of carbonyl (C=O) groups excluding carboxylic acids is 1. The molecule has 0 unspecified atom stereocenters. The highest BCUT2D eigenvalue weighted by Gasteiger charge is 2.26. The van der Waals surface area contributed by atoms with Crippen molar-refractivity contribution in [2.24, 2.45) is 0 Å². The van der Waals surface area contributed by atoms with E-state index in [2.05, 4.69) is 11.9 Å². The summed E-state index contributed by atoms with van der Waals surface area (Å²) in [5.74, 6) is 0.112. The summed E-state index contributed by atoms with van der Waals surface area (Å²) in [6.07, 6.45) is 1.61. The Kier molecular flexibility index (Phi) is 1.99. The molecule has 0 aromatic carbocycles. The minimum absolute atomic E-state index is 0.112. The summed E-state index contributed by atoms with van der Waals surface area (Å²) in [6, 6.07) is -0.314. The van der Waals surface area contributed by atoms with Crippen LogP contribution in [0.2, 0.25) is 0 Å². The van der Waals surface area contributed by atoms with Gasteiger partial charge in [0.2, 0.25) is 0 Å². The molecular formula is C8H11N3O. The number of hydrogen-bond donors (Lipinski definition) is 2. The van der Waals surface area contributed by atoms with Crippen molar-refractivity contribution in [3.63, 3.8) is 0 Å². The zero-order chi connectivity index (χ0) is 9.30. The predicted octanol–water partition coefficient (Wildman–Crippen LogP) is 1.43. The van der Waals surface area contributed by atoms with E-state index in [1.54, 1.807) is 6.20 Å². The zero-order valence-electron chi connectivity index (χ0n) is 7.14. The van der Waals surface area contributed by atoms with Crippen molar-refractivity contribution >= 4 is 11.9 Å². The van der Waals surface area contributed by atoms with Crippen LogP contribution in [0.15, 0.2) is 24.0 Å². The molecule has 1 heterocycles. The third kappa shape index (κ3) is 1.37. The minimum Gasteiger partial charge on any atom is -0.304 e. The highest BCUT2D eigenvalue weighted by molar-refractivity contribution is 6.13. The smallest absolute Gasteiger partial charge is 0.304 e. The number of rotatable bonds is 1. The van der Waals surface area contributed by atoms with E-state index in [1.165, 1.54) is 4.90 Å². The summed E-state index contributed by atoms with van der Waals surface area (Å²) < 4.78 is 0. The van der Waals surface area contributed by atoms with Gasteiger partial charge in [-0.15, -0.1) is 0 Å². The number of urea groups is 1. The first-order chi connectivity index (χ1) is 5.52. The van der Waals surface area contributed by atoms with E-state index in [0.29, 0.717) is 5.70 Å². The second-order valence-corrected chi connectivity index (χ2v) is 2.83. The van der Waals surface area contributed by atoms with E-state index >= 15 is 0 Å². The van der Waals surface area contributed by atoms with Crippen LogP contribution in [0.3, 0.4) is 0 Å². The molecule has 1 fully saturated rings. The fraction of sp³-hybridized carbons (Fsp3) is 0.250. The SMILES string of the molecule is C=C1NC(=O)N(C=C(C)C)C1=N. The van der Waals surface area contributed by atoms with E-state index in [-0.39, 0.29) is 11.9 Å². The lowest BCUT2D eigenvalue weighted by molar-refractivity contribution is 0.236. The Morgan fingerprint density at radius 1 is 1.67 bits per heavy atom.